The van der Waals surface area contributed by atoms with Crippen LogP contribution in [0.5, 0.6) is 0 Å². The summed E-state index contributed by atoms with van der Waals surface area (Å²) in [5.74, 6) is 1.75. The minimum atomic E-state index is -0.0593. The predicted molar refractivity (Wildman–Crippen MR) is 78.4 cm³/mol. The molecule has 0 amide bonds. The second-order valence-electron chi connectivity index (χ2n) is 5.57. The molecule has 0 spiro atoms. The van der Waals surface area contributed by atoms with Crippen LogP contribution in [0.1, 0.15) is 50.2 Å². The van der Waals surface area contributed by atoms with Crippen molar-refractivity contribution in [2.24, 2.45) is 5.92 Å². The van der Waals surface area contributed by atoms with Gasteiger partial charge in [0, 0.05) is 12.7 Å². The maximum Gasteiger partial charge on any atom is 0.127 e. The zero-order valence-corrected chi connectivity index (χ0v) is 12.1. The number of fused-ring (bicyclic) bond motifs is 1. The normalized spacial score (nSPS) is 18.8. The van der Waals surface area contributed by atoms with Crippen molar-refractivity contribution in [2.75, 3.05) is 0 Å². The lowest BCUT2D eigenvalue weighted by Gasteiger charge is -2.23. The molecule has 1 aliphatic rings. The van der Waals surface area contributed by atoms with Gasteiger partial charge in [-0.2, -0.15) is 0 Å². The van der Waals surface area contributed by atoms with Crippen LogP contribution in [0, 0.1) is 5.92 Å². The lowest BCUT2D eigenvalue weighted by atomic mass is 9.89. The van der Waals surface area contributed by atoms with E-state index in [0.29, 0.717) is 0 Å². The van der Waals surface area contributed by atoms with E-state index in [-0.39, 0.29) is 5.38 Å². The van der Waals surface area contributed by atoms with Crippen LogP contribution in [0.15, 0.2) is 18.5 Å². The highest BCUT2D eigenvalue weighted by Gasteiger charge is 2.20. The van der Waals surface area contributed by atoms with Gasteiger partial charge in [-0.1, -0.05) is 19.3 Å². The maximum absolute atomic E-state index is 6.29. The van der Waals surface area contributed by atoms with Gasteiger partial charge >= 0.3 is 0 Å². The fourth-order valence-corrected chi connectivity index (χ4v) is 3.29. The molecule has 102 valence electrons. The molecular weight excluding hydrogens is 258 g/mol. The third-order valence-corrected chi connectivity index (χ3v) is 4.30. The molecular formula is C15H20ClN3. The molecule has 3 nitrogen and oxygen atoms in total. The standard InChI is InChI=1S/C15H20ClN3/c1-11(16)15-18-13-9-17-8-7-14(13)19(15)10-12-5-3-2-4-6-12/h7-9,11-12H,2-6,10H2,1H3. The average Bonchev–Trinajstić information content (AvgIpc) is 2.79. The SMILES string of the molecule is CC(Cl)c1nc2cnccc2n1CC1CCCCC1. The van der Waals surface area contributed by atoms with E-state index < -0.39 is 0 Å². The first-order chi connectivity index (χ1) is 9.25. The van der Waals surface area contributed by atoms with Crippen LogP contribution in [0.2, 0.25) is 0 Å². The summed E-state index contributed by atoms with van der Waals surface area (Å²) in [6, 6.07) is 2.05. The molecule has 0 bridgehead atoms. The van der Waals surface area contributed by atoms with Crippen molar-refractivity contribution < 1.29 is 0 Å². The molecule has 3 rings (SSSR count). The van der Waals surface area contributed by atoms with Crippen molar-refractivity contribution in [2.45, 2.75) is 50.9 Å². The molecule has 1 aliphatic carbocycles. The van der Waals surface area contributed by atoms with E-state index in [1.54, 1.807) is 0 Å². The Morgan fingerprint density at radius 1 is 1.37 bits per heavy atom. The number of nitrogens with zero attached hydrogens (tertiary/aromatic N) is 3. The molecule has 2 aromatic heterocycles. The van der Waals surface area contributed by atoms with Crippen LogP contribution in [-0.2, 0) is 6.54 Å². The highest BCUT2D eigenvalue weighted by molar-refractivity contribution is 6.20. The minimum Gasteiger partial charge on any atom is -0.326 e. The third kappa shape index (κ3) is 2.62. The van der Waals surface area contributed by atoms with Gasteiger partial charge in [0.15, 0.2) is 0 Å². The smallest absolute Gasteiger partial charge is 0.127 e. The van der Waals surface area contributed by atoms with Gasteiger partial charge in [-0.3, -0.25) is 4.98 Å². The zero-order chi connectivity index (χ0) is 13.2. The summed E-state index contributed by atoms with van der Waals surface area (Å²) in [5.41, 5.74) is 2.13. The quantitative estimate of drug-likeness (QED) is 0.783. The van der Waals surface area contributed by atoms with Crippen LogP contribution in [-0.4, -0.2) is 14.5 Å². The Balaban J connectivity index is 1.97. The summed E-state index contributed by atoms with van der Waals surface area (Å²) >= 11 is 6.29. The molecule has 0 radical (unpaired) electrons. The number of pyridine rings is 1. The molecule has 1 unspecified atom stereocenters. The Kier molecular flexibility index (Phi) is 3.74. The lowest BCUT2D eigenvalue weighted by Crippen LogP contribution is -2.16. The first kappa shape index (κ1) is 12.9. The molecule has 2 heterocycles. The van der Waals surface area contributed by atoms with Crippen LogP contribution in [0.25, 0.3) is 11.0 Å². The fourth-order valence-electron chi connectivity index (χ4n) is 3.12. The van der Waals surface area contributed by atoms with Gasteiger partial charge in [0.25, 0.3) is 0 Å². The van der Waals surface area contributed by atoms with Gasteiger partial charge in [-0.15, -0.1) is 11.6 Å². The van der Waals surface area contributed by atoms with Crippen molar-refractivity contribution >= 4 is 22.6 Å². The van der Waals surface area contributed by atoms with E-state index in [1.165, 1.54) is 37.6 Å². The minimum absolute atomic E-state index is 0.0593. The summed E-state index contributed by atoms with van der Waals surface area (Å²) in [5, 5.41) is -0.0593. The van der Waals surface area contributed by atoms with Gasteiger partial charge < -0.3 is 4.57 Å². The Morgan fingerprint density at radius 2 is 2.16 bits per heavy atom. The van der Waals surface area contributed by atoms with E-state index in [1.807, 2.05) is 25.4 Å². The number of aromatic nitrogens is 3. The molecule has 1 fully saturated rings. The number of halogens is 1. The Hall–Kier alpha value is -1.09. The monoisotopic (exact) mass is 277 g/mol. The summed E-state index contributed by atoms with van der Waals surface area (Å²) in [4.78, 5) is 8.80. The van der Waals surface area contributed by atoms with E-state index in [2.05, 4.69) is 14.5 Å². The van der Waals surface area contributed by atoms with Crippen molar-refractivity contribution in [3.63, 3.8) is 0 Å². The molecule has 1 saturated carbocycles. The van der Waals surface area contributed by atoms with Crippen LogP contribution >= 0.6 is 11.6 Å². The van der Waals surface area contributed by atoms with E-state index in [9.17, 15) is 0 Å². The van der Waals surface area contributed by atoms with Gasteiger partial charge in [-0.05, 0) is 31.7 Å². The first-order valence-corrected chi connectivity index (χ1v) is 7.63. The Bertz CT molecular complexity index is 556. The van der Waals surface area contributed by atoms with Crippen LogP contribution in [0.4, 0.5) is 0 Å². The van der Waals surface area contributed by atoms with Crippen molar-refractivity contribution in [1.29, 1.82) is 0 Å². The lowest BCUT2D eigenvalue weighted by molar-refractivity contribution is 0.319. The number of rotatable bonds is 3. The number of imidazole rings is 1. The second-order valence-corrected chi connectivity index (χ2v) is 6.22. The summed E-state index contributed by atoms with van der Waals surface area (Å²) < 4.78 is 2.31. The maximum atomic E-state index is 6.29. The molecule has 0 aliphatic heterocycles. The Labute approximate surface area is 119 Å². The second kappa shape index (κ2) is 5.49. The summed E-state index contributed by atoms with van der Waals surface area (Å²) in [7, 11) is 0. The van der Waals surface area contributed by atoms with Gasteiger partial charge in [0.1, 0.15) is 11.3 Å². The first-order valence-electron chi connectivity index (χ1n) is 7.20. The number of hydrogen-bond acceptors (Lipinski definition) is 2. The molecule has 0 N–H and O–H groups in total. The molecule has 1 atom stereocenters. The van der Waals surface area contributed by atoms with Gasteiger partial charge in [0.05, 0.1) is 17.1 Å². The third-order valence-electron chi connectivity index (χ3n) is 4.10. The van der Waals surface area contributed by atoms with Gasteiger partial charge in [-0.25, -0.2) is 4.98 Å². The fraction of sp³-hybridized carbons (Fsp3) is 0.600. The van der Waals surface area contributed by atoms with E-state index >= 15 is 0 Å². The highest BCUT2D eigenvalue weighted by atomic mass is 35.5. The van der Waals surface area contributed by atoms with E-state index in [4.69, 9.17) is 11.6 Å². The van der Waals surface area contributed by atoms with Crippen LogP contribution < -0.4 is 0 Å². The number of alkyl halides is 1. The largest absolute Gasteiger partial charge is 0.326 e. The average molecular weight is 278 g/mol. The molecule has 2 aromatic rings. The van der Waals surface area contributed by atoms with Gasteiger partial charge in [0.2, 0.25) is 0 Å². The number of hydrogen-bond donors (Lipinski definition) is 0. The molecule has 0 aromatic carbocycles. The molecule has 19 heavy (non-hydrogen) atoms. The zero-order valence-electron chi connectivity index (χ0n) is 11.3. The molecule has 0 saturated heterocycles. The summed E-state index contributed by atoms with van der Waals surface area (Å²) in [6.07, 6.45) is 10.5. The topological polar surface area (TPSA) is 30.7 Å². The molecule has 4 heteroatoms. The van der Waals surface area contributed by atoms with E-state index in [0.717, 1.165) is 23.8 Å². The van der Waals surface area contributed by atoms with Crippen molar-refractivity contribution in [3.05, 3.63) is 24.3 Å². The van der Waals surface area contributed by atoms with Crippen molar-refractivity contribution in [1.82, 2.24) is 14.5 Å². The Morgan fingerprint density at radius 3 is 2.89 bits per heavy atom. The predicted octanol–water partition coefficient (Wildman–Crippen LogP) is 4.31. The van der Waals surface area contributed by atoms with Crippen LogP contribution in [0.3, 0.4) is 0 Å². The van der Waals surface area contributed by atoms with Crippen molar-refractivity contribution in [3.8, 4) is 0 Å². The summed E-state index contributed by atoms with van der Waals surface area (Å²) in [6.45, 7) is 3.04. The highest BCUT2D eigenvalue weighted by Crippen LogP contribution is 2.29.